The van der Waals surface area contributed by atoms with Gasteiger partial charge in [0.05, 0.1) is 0 Å². The first-order chi connectivity index (χ1) is 13.3. The Morgan fingerprint density at radius 2 is 2.00 bits per heavy atom. The molecule has 2 N–H and O–H groups in total. The van der Waals surface area contributed by atoms with Crippen molar-refractivity contribution in [3.05, 3.63) is 24.5 Å². The van der Waals surface area contributed by atoms with Gasteiger partial charge in [-0.1, -0.05) is 6.92 Å². The molecule has 0 radical (unpaired) electrons. The van der Waals surface area contributed by atoms with E-state index in [9.17, 15) is 0 Å². The van der Waals surface area contributed by atoms with Crippen LogP contribution < -0.4 is 15.5 Å². The van der Waals surface area contributed by atoms with E-state index in [1.165, 1.54) is 24.6 Å². The summed E-state index contributed by atoms with van der Waals surface area (Å²) in [5.74, 6) is 2.04. The van der Waals surface area contributed by atoms with Crippen molar-refractivity contribution in [2.75, 3.05) is 23.3 Å². The van der Waals surface area contributed by atoms with Crippen LogP contribution in [0.5, 0.6) is 0 Å². The van der Waals surface area contributed by atoms with Crippen LogP contribution in [-0.4, -0.2) is 43.7 Å². The highest BCUT2D eigenvalue weighted by Crippen LogP contribution is 2.29. The molecule has 1 aliphatic rings. The Hall–Kier alpha value is -2.00. The van der Waals surface area contributed by atoms with Gasteiger partial charge in [-0.15, -0.1) is 0 Å². The number of nitrogens with zero attached hydrogens (tertiary/aromatic N) is 5. The molecular formula is C19H27N7S2. The molecule has 9 heteroatoms. The summed E-state index contributed by atoms with van der Waals surface area (Å²) in [6.07, 6.45) is 5.88. The molecule has 7 nitrogen and oxygen atoms in total. The molecule has 2 aromatic rings. The second-order valence-electron chi connectivity index (χ2n) is 8.04. The standard InChI is InChI=1S/C19H27N7S2/c1-13-7-5-10-26(12-13)14-11-15(28-18-20-8-6-9-21-18)23-16(22-14)24-17(27)25-19(2,3)4/h6,8-9,11,13H,5,7,10,12H2,1-4H3,(H2,22,23,24,25,27)/t13-/m1/s1. The smallest absolute Gasteiger partial charge is 0.232 e. The Kier molecular flexibility index (Phi) is 6.66. The van der Waals surface area contributed by atoms with Gasteiger partial charge in [-0.25, -0.2) is 15.0 Å². The third kappa shape index (κ3) is 6.27. The molecule has 1 aliphatic heterocycles. The second kappa shape index (κ2) is 9.00. The maximum atomic E-state index is 5.43. The monoisotopic (exact) mass is 417 g/mol. The average molecular weight is 418 g/mol. The highest BCUT2D eigenvalue weighted by atomic mass is 32.2. The van der Waals surface area contributed by atoms with Crippen LogP contribution in [0.15, 0.2) is 34.7 Å². The minimum Gasteiger partial charge on any atom is -0.358 e. The number of aromatic nitrogens is 4. The summed E-state index contributed by atoms with van der Waals surface area (Å²) in [7, 11) is 0. The van der Waals surface area contributed by atoms with Gasteiger partial charge >= 0.3 is 0 Å². The molecule has 0 unspecified atom stereocenters. The van der Waals surface area contributed by atoms with E-state index in [0.29, 0.717) is 22.1 Å². The molecule has 2 aromatic heterocycles. The molecule has 150 valence electrons. The number of hydrogen-bond donors (Lipinski definition) is 2. The number of thiocarbonyl (C=S) groups is 1. The molecule has 1 atom stereocenters. The van der Waals surface area contributed by atoms with Crippen molar-refractivity contribution in [1.29, 1.82) is 0 Å². The van der Waals surface area contributed by atoms with Crippen LogP contribution in [0, 0.1) is 5.92 Å². The summed E-state index contributed by atoms with van der Waals surface area (Å²) in [6.45, 7) is 10.4. The largest absolute Gasteiger partial charge is 0.358 e. The summed E-state index contributed by atoms with van der Waals surface area (Å²) in [4.78, 5) is 20.2. The maximum absolute atomic E-state index is 5.43. The fraction of sp³-hybridized carbons (Fsp3) is 0.526. The van der Waals surface area contributed by atoms with Gasteiger partial charge in [0.1, 0.15) is 10.8 Å². The fourth-order valence-corrected chi connectivity index (χ4v) is 4.09. The van der Waals surface area contributed by atoms with Crippen molar-refractivity contribution in [2.45, 2.75) is 56.3 Å². The Labute approximate surface area is 176 Å². The van der Waals surface area contributed by atoms with Gasteiger partial charge in [-0.05, 0) is 69.6 Å². The summed E-state index contributed by atoms with van der Waals surface area (Å²) in [5.41, 5.74) is -0.139. The lowest BCUT2D eigenvalue weighted by molar-refractivity contribution is 0.444. The highest BCUT2D eigenvalue weighted by molar-refractivity contribution is 7.99. The van der Waals surface area contributed by atoms with Gasteiger partial charge in [-0.2, -0.15) is 4.98 Å². The zero-order valence-corrected chi connectivity index (χ0v) is 18.4. The molecule has 0 amide bonds. The maximum Gasteiger partial charge on any atom is 0.232 e. The van der Waals surface area contributed by atoms with Gasteiger partial charge in [0, 0.05) is 37.1 Å². The molecule has 3 heterocycles. The summed E-state index contributed by atoms with van der Waals surface area (Å²) >= 11 is 6.85. The third-order valence-electron chi connectivity index (χ3n) is 4.12. The van der Waals surface area contributed by atoms with Crippen LogP contribution in [0.4, 0.5) is 11.8 Å². The summed E-state index contributed by atoms with van der Waals surface area (Å²) < 4.78 is 0. The van der Waals surface area contributed by atoms with Crippen LogP contribution in [0.2, 0.25) is 0 Å². The van der Waals surface area contributed by atoms with Crippen molar-refractivity contribution >= 4 is 40.9 Å². The Bertz CT molecular complexity index is 808. The molecular weight excluding hydrogens is 390 g/mol. The molecule has 1 fully saturated rings. The van der Waals surface area contributed by atoms with Crippen LogP contribution in [0.25, 0.3) is 0 Å². The number of rotatable bonds is 4. The minimum absolute atomic E-state index is 0.139. The molecule has 1 saturated heterocycles. The molecule has 3 rings (SSSR count). The van der Waals surface area contributed by atoms with E-state index in [1.54, 1.807) is 18.5 Å². The zero-order valence-electron chi connectivity index (χ0n) is 16.8. The van der Waals surface area contributed by atoms with Crippen molar-refractivity contribution in [3.63, 3.8) is 0 Å². The summed E-state index contributed by atoms with van der Waals surface area (Å²) in [6, 6.07) is 3.80. The first-order valence-corrected chi connectivity index (χ1v) is 10.7. The predicted octanol–water partition coefficient (Wildman–Crippen LogP) is 3.74. The molecule has 0 aromatic carbocycles. The van der Waals surface area contributed by atoms with E-state index in [1.807, 2.05) is 6.07 Å². The van der Waals surface area contributed by atoms with Gasteiger partial charge < -0.3 is 15.5 Å². The van der Waals surface area contributed by atoms with Crippen molar-refractivity contribution < 1.29 is 0 Å². The van der Waals surface area contributed by atoms with Gasteiger partial charge in [0.2, 0.25) is 5.95 Å². The van der Waals surface area contributed by atoms with Crippen molar-refractivity contribution in [3.8, 4) is 0 Å². The Morgan fingerprint density at radius 1 is 1.25 bits per heavy atom. The van der Waals surface area contributed by atoms with E-state index in [4.69, 9.17) is 17.2 Å². The lowest BCUT2D eigenvalue weighted by atomic mass is 10.0. The highest BCUT2D eigenvalue weighted by Gasteiger charge is 2.20. The Balaban J connectivity index is 1.86. The molecule has 0 saturated carbocycles. The van der Waals surface area contributed by atoms with Gasteiger partial charge in [0.25, 0.3) is 0 Å². The molecule has 28 heavy (non-hydrogen) atoms. The quantitative estimate of drug-likeness (QED) is 0.439. The van der Waals surface area contributed by atoms with E-state index in [2.05, 4.69) is 58.2 Å². The van der Waals surface area contributed by atoms with Crippen LogP contribution in [0.3, 0.4) is 0 Å². The number of piperidine rings is 1. The first kappa shape index (κ1) is 20.7. The molecule has 0 bridgehead atoms. The lowest BCUT2D eigenvalue weighted by Gasteiger charge is -2.32. The predicted molar refractivity (Wildman–Crippen MR) is 118 cm³/mol. The van der Waals surface area contributed by atoms with Crippen molar-refractivity contribution in [2.24, 2.45) is 5.92 Å². The third-order valence-corrected chi connectivity index (χ3v) is 5.14. The fourth-order valence-electron chi connectivity index (χ4n) is 2.99. The number of nitrogens with one attached hydrogen (secondary N) is 2. The summed E-state index contributed by atoms with van der Waals surface area (Å²) in [5, 5.41) is 8.31. The lowest BCUT2D eigenvalue weighted by Crippen LogP contribution is -2.43. The Morgan fingerprint density at radius 3 is 2.68 bits per heavy atom. The van der Waals surface area contributed by atoms with E-state index in [-0.39, 0.29) is 5.54 Å². The van der Waals surface area contributed by atoms with Crippen LogP contribution in [-0.2, 0) is 0 Å². The van der Waals surface area contributed by atoms with Gasteiger partial charge in [0.15, 0.2) is 10.3 Å². The normalized spacial score (nSPS) is 17.3. The minimum atomic E-state index is -0.139. The molecule has 0 spiro atoms. The number of hydrogen-bond acceptors (Lipinski definition) is 7. The SMILES string of the molecule is C[C@@H]1CCCN(c2cc(Sc3ncccn3)nc(NC(=S)NC(C)(C)C)n2)C1. The first-order valence-electron chi connectivity index (χ1n) is 9.46. The van der Waals surface area contributed by atoms with E-state index in [0.717, 1.165) is 23.9 Å². The van der Waals surface area contributed by atoms with E-state index >= 15 is 0 Å². The zero-order chi connectivity index (χ0) is 20.1. The van der Waals surface area contributed by atoms with Crippen LogP contribution in [0.1, 0.15) is 40.5 Å². The number of anilines is 2. The topological polar surface area (TPSA) is 78.9 Å². The van der Waals surface area contributed by atoms with E-state index < -0.39 is 0 Å². The van der Waals surface area contributed by atoms with Crippen molar-refractivity contribution in [1.82, 2.24) is 25.3 Å². The second-order valence-corrected chi connectivity index (χ2v) is 9.44. The molecule has 0 aliphatic carbocycles. The van der Waals surface area contributed by atoms with Crippen LogP contribution >= 0.6 is 24.0 Å². The van der Waals surface area contributed by atoms with Gasteiger partial charge in [-0.3, -0.25) is 0 Å². The average Bonchev–Trinajstić information content (AvgIpc) is 2.60.